The van der Waals surface area contributed by atoms with Gasteiger partial charge in [0.1, 0.15) is 5.82 Å². The molecule has 1 aromatic heterocycles. The molecule has 2 rings (SSSR count). The number of hydrogen-bond donors (Lipinski definition) is 2. The van der Waals surface area contributed by atoms with Gasteiger partial charge in [0.15, 0.2) is 0 Å². The fraction of sp³-hybridized carbons (Fsp3) is 0.214. The van der Waals surface area contributed by atoms with E-state index in [1.165, 1.54) is 0 Å². The Morgan fingerprint density at radius 1 is 1.26 bits per heavy atom. The molecule has 19 heavy (non-hydrogen) atoms. The number of nitriles is 1. The van der Waals surface area contributed by atoms with Crippen LogP contribution in [0, 0.1) is 18.3 Å². The molecule has 0 amide bonds. The molecule has 0 saturated heterocycles. The van der Waals surface area contributed by atoms with Gasteiger partial charge in [-0.15, -0.1) is 0 Å². The van der Waals surface area contributed by atoms with E-state index in [4.69, 9.17) is 5.26 Å². The van der Waals surface area contributed by atoms with Gasteiger partial charge in [0.25, 0.3) is 0 Å². The highest BCUT2D eigenvalue weighted by Crippen LogP contribution is 2.19. The van der Waals surface area contributed by atoms with Gasteiger partial charge in [-0.25, -0.2) is 4.98 Å². The van der Waals surface area contributed by atoms with E-state index in [1.807, 2.05) is 26.0 Å². The first kappa shape index (κ1) is 12.8. The Kier molecular flexibility index (Phi) is 3.94. The Balaban J connectivity index is 2.21. The Morgan fingerprint density at radius 3 is 2.63 bits per heavy atom. The van der Waals surface area contributed by atoms with Crippen LogP contribution in [0.5, 0.6) is 0 Å². The summed E-state index contributed by atoms with van der Waals surface area (Å²) in [6.07, 6.45) is 1.77. The molecular formula is C14H15N5. The molecule has 0 aliphatic heterocycles. The van der Waals surface area contributed by atoms with E-state index < -0.39 is 0 Å². The number of anilines is 3. The summed E-state index contributed by atoms with van der Waals surface area (Å²) in [5.41, 5.74) is 2.49. The van der Waals surface area contributed by atoms with Gasteiger partial charge in [-0.2, -0.15) is 10.2 Å². The maximum atomic E-state index is 8.76. The first-order valence-electron chi connectivity index (χ1n) is 6.07. The Bertz CT molecular complexity index is 598. The fourth-order valence-electron chi connectivity index (χ4n) is 1.58. The summed E-state index contributed by atoms with van der Waals surface area (Å²) >= 11 is 0. The van der Waals surface area contributed by atoms with Gasteiger partial charge in [-0.1, -0.05) is 0 Å². The lowest BCUT2D eigenvalue weighted by atomic mass is 10.2. The Hall–Kier alpha value is -2.61. The van der Waals surface area contributed by atoms with Crippen LogP contribution in [0.2, 0.25) is 0 Å². The highest BCUT2D eigenvalue weighted by Gasteiger charge is 2.03. The molecule has 0 atom stereocenters. The smallest absolute Gasteiger partial charge is 0.224 e. The van der Waals surface area contributed by atoms with Crippen molar-refractivity contribution in [2.24, 2.45) is 0 Å². The molecule has 0 saturated carbocycles. The predicted molar refractivity (Wildman–Crippen MR) is 75.4 cm³/mol. The summed E-state index contributed by atoms with van der Waals surface area (Å²) in [6.45, 7) is 4.72. The van der Waals surface area contributed by atoms with Crippen LogP contribution in [0.15, 0.2) is 30.5 Å². The van der Waals surface area contributed by atoms with E-state index in [9.17, 15) is 0 Å². The average molecular weight is 253 g/mol. The van der Waals surface area contributed by atoms with Gasteiger partial charge < -0.3 is 10.6 Å². The first-order chi connectivity index (χ1) is 9.22. The van der Waals surface area contributed by atoms with E-state index >= 15 is 0 Å². The van der Waals surface area contributed by atoms with Gasteiger partial charge in [-0.3, -0.25) is 0 Å². The summed E-state index contributed by atoms with van der Waals surface area (Å²) < 4.78 is 0. The lowest BCUT2D eigenvalue weighted by Gasteiger charge is -2.10. The van der Waals surface area contributed by atoms with E-state index in [1.54, 1.807) is 18.3 Å². The van der Waals surface area contributed by atoms with Crippen molar-refractivity contribution in [1.29, 1.82) is 5.26 Å². The number of rotatable bonds is 4. The third-order valence-corrected chi connectivity index (χ3v) is 2.58. The number of aryl methyl sites for hydroxylation is 1. The highest BCUT2D eigenvalue weighted by atomic mass is 15.1. The molecule has 2 aromatic rings. The van der Waals surface area contributed by atoms with Crippen LogP contribution in [0.1, 0.15) is 18.1 Å². The largest absolute Gasteiger partial charge is 0.354 e. The van der Waals surface area contributed by atoms with Gasteiger partial charge in [0, 0.05) is 24.0 Å². The zero-order chi connectivity index (χ0) is 13.7. The summed E-state index contributed by atoms with van der Waals surface area (Å²) in [5.74, 6) is 1.36. The second-order valence-corrected chi connectivity index (χ2v) is 4.07. The fourth-order valence-corrected chi connectivity index (χ4v) is 1.58. The molecule has 5 heteroatoms. The quantitative estimate of drug-likeness (QED) is 0.876. The summed E-state index contributed by atoms with van der Waals surface area (Å²) in [4.78, 5) is 8.59. The molecule has 1 heterocycles. The second-order valence-electron chi connectivity index (χ2n) is 4.07. The molecule has 5 nitrogen and oxygen atoms in total. The van der Waals surface area contributed by atoms with E-state index in [0.29, 0.717) is 11.5 Å². The van der Waals surface area contributed by atoms with Crippen molar-refractivity contribution in [3.8, 4) is 6.07 Å². The lowest BCUT2D eigenvalue weighted by molar-refractivity contribution is 1.07. The molecule has 96 valence electrons. The number of benzene rings is 1. The topological polar surface area (TPSA) is 73.6 Å². The average Bonchev–Trinajstić information content (AvgIpc) is 2.44. The minimum absolute atomic E-state index is 0.601. The second kappa shape index (κ2) is 5.83. The van der Waals surface area contributed by atoms with Crippen molar-refractivity contribution in [3.05, 3.63) is 41.6 Å². The maximum absolute atomic E-state index is 8.76. The zero-order valence-corrected chi connectivity index (χ0v) is 10.9. The van der Waals surface area contributed by atoms with Gasteiger partial charge >= 0.3 is 0 Å². The van der Waals surface area contributed by atoms with Crippen LogP contribution in [0.3, 0.4) is 0 Å². The SMILES string of the molecule is CCNc1ncc(C)c(Nc2ccc(C#N)cc2)n1. The van der Waals surface area contributed by atoms with Crippen molar-refractivity contribution < 1.29 is 0 Å². The van der Waals surface area contributed by atoms with Crippen LogP contribution in [-0.2, 0) is 0 Å². The van der Waals surface area contributed by atoms with Gasteiger partial charge in [0.05, 0.1) is 11.6 Å². The molecule has 0 unspecified atom stereocenters. The van der Waals surface area contributed by atoms with Crippen LogP contribution in [0.4, 0.5) is 17.5 Å². The van der Waals surface area contributed by atoms with E-state index in [2.05, 4.69) is 26.7 Å². The molecule has 0 aliphatic rings. The van der Waals surface area contributed by atoms with Crippen LogP contribution >= 0.6 is 0 Å². The maximum Gasteiger partial charge on any atom is 0.224 e. The summed E-state index contributed by atoms with van der Waals surface area (Å²) in [5, 5.41) is 15.1. The van der Waals surface area contributed by atoms with E-state index in [-0.39, 0.29) is 0 Å². The van der Waals surface area contributed by atoms with Crippen LogP contribution < -0.4 is 10.6 Å². The molecule has 1 aromatic carbocycles. The van der Waals surface area contributed by atoms with Crippen molar-refractivity contribution in [2.75, 3.05) is 17.2 Å². The molecule has 0 aliphatic carbocycles. The monoisotopic (exact) mass is 253 g/mol. The minimum Gasteiger partial charge on any atom is -0.354 e. The third-order valence-electron chi connectivity index (χ3n) is 2.58. The van der Waals surface area contributed by atoms with Crippen molar-refractivity contribution in [1.82, 2.24) is 9.97 Å². The number of nitrogens with zero attached hydrogens (tertiary/aromatic N) is 3. The molecule has 0 spiro atoms. The number of aromatic nitrogens is 2. The number of hydrogen-bond acceptors (Lipinski definition) is 5. The van der Waals surface area contributed by atoms with Crippen molar-refractivity contribution in [2.45, 2.75) is 13.8 Å². The van der Waals surface area contributed by atoms with Crippen molar-refractivity contribution in [3.63, 3.8) is 0 Å². The standard InChI is InChI=1S/C14H15N5/c1-3-16-14-17-9-10(2)13(19-14)18-12-6-4-11(8-15)5-7-12/h4-7,9H,3H2,1-2H3,(H2,16,17,18,19). The Labute approximate surface area is 112 Å². The van der Waals surface area contributed by atoms with E-state index in [0.717, 1.165) is 23.6 Å². The molecule has 0 fully saturated rings. The lowest BCUT2D eigenvalue weighted by Crippen LogP contribution is -2.05. The van der Waals surface area contributed by atoms with Gasteiger partial charge in [0.2, 0.25) is 5.95 Å². The zero-order valence-electron chi connectivity index (χ0n) is 10.9. The number of nitrogens with one attached hydrogen (secondary N) is 2. The minimum atomic E-state index is 0.601. The molecular weight excluding hydrogens is 238 g/mol. The van der Waals surface area contributed by atoms with Gasteiger partial charge in [-0.05, 0) is 38.1 Å². The summed E-state index contributed by atoms with van der Waals surface area (Å²) in [7, 11) is 0. The predicted octanol–water partition coefficient (Wildman–Crippen LogP) is 2.83. The van der Waals surface area contributed by atoms with Crippen molar-refractivity contribution >= 4 is 17.5 Å². The Morgan fingerprint density at radius 2 is 2.00 bits per heavy atom. The molecule has 2 N–H and O–H groups in total. The normalized spacial score (nSPS) is 9.74. The molecule has 0 radical (unpaired) electrons. The first-order valence-corrected chi connectivity index (χ1v) is 6.07. The van der Waals surface area contributed by atoms with Crippen LogP contribution in [-0.4, -0.2) is 16.5 Å². The third kappa shape index (κ3) is 3.19. The molecule has 0 bridgehead atoms. The van der Waals surface area contributed by atoms with Crippen LogP contribution in [0.25, 0.3) is 0 Å². The highest BCUT2D eigenvalue weighted by molar-refractivity contribution is 5.60. The summed E-state index contributed by atoms with van der Waals surface area (Å²) in [6, 6.07) is 9.34.